The van der Waals surface area contributed by atoms with E-state index in [0.717, 1.165) is 30.2 Å². The van der Waals surface area contributed by atoms with Gasteiger partial charge in [-0.1, -0.05) is 29.8 Å². The molecule has 3 heterocycles. The van der Waals surface area contributed by atoms with E-state index in [0.29, 0.717) is 22.9 Å². The maximum atomic E-state index is 12.9. The van der Waals surface area contributed by atoms with E-state index in [-0.39, 0.29) is 5.91 Å². The molecule has 0 bridgehead atoms. The van der Waals surface area contributed by atoms with Gasteiger partial charge in [0, 0.05) is 13.1 Å². The van der Waals surface area contributed by atoms with E-state index < -0.39 is 0 Å². The molecule has 7 heteroatoms. The molecule has 0 aliphatic carbocycles. The van der Waals surface area contributed by atoms with E-state index >= 15 is 0 Å². The summed E-state index contributed by atoms with van der Waals surface area (Å²) in [5.41, 5.74) is 1.97. The van der Waals surface area contributed by atoms with Crippen LogP contribution < -0.4 is 5.32 Å². The van der Waals surface area contributed by atoms with Gasteiger partial charge in [0.2, 0.25) is 0 Å². The van der Waals surface area contributed by atoms with Gasteiger partial charge in [-0.2, -0.15) is 5.10 Å². The molecule has 140 valence electrons. The van der Waals surface area contributed by atoms with E-state index in [9.17, 15) is 4.79 Å². The number of nitrogens with one attached hydrogen (secondary N) is 1. The molecule has 0 radical (unpaired) electrons. The summed E-state index contributed by atoms with van der Waals surface area (Å²) in [7, 11) is 0. The lowest BCUT2D eigenvalue weighted by atomic mass is 10.2. The second kappa shape index (κ2) is 8.25. The lowest BCUT2D eigenvalue weighted by Crippen LogP contribution is -2.34. The first-order valence-corrected chi connectivity index (χ1v) is 10.4. The number of hydrogen-bond acceptors (Lipinski definition) is 4. The van der Waals surface area contributed by atoms with E-state index in [1.165, 1.54) is 12.8 Å². The van der Waals surface area contributed by atoms with Gasteiger partial charge in [0.15, 0.2) is 0 Å². The monoisotopic (exact) mass is 400 g/mol. The summed E-state index contributed by atoms with van der Waals surface area (Å²) in [5, 5.41) is 10.3. The van der Waals surface area contributed by atoms with E-state index in [1.54, 1.807) is 22.1 Å². The lowest BCUT2D eigenvalue weighted by molar-refractivity contribution is 0.0942. The van der Waals surface area contributed by atoms with Gasteiger partial charge in [-0.15, -0.1) is 11.3 Å². The zero-order valence-electron chi connectivity index (χ0n) is 14.9. The van der Waals surface area contributed by atoms with Gasteiger partial charge in [0.1, 0.15) is 11.4 Å². The number of carbonyl (C=O) groups is 1. The molecule has 2 aromatic heterocycles. The van der Waals surface area contributed by atoms with Gasteiger partial charge in [0.05, 0.1) is 15.6 Å². The van der Waals surface area contributed by atoms with Crippen LogP contribution in [0, 0.1) is 0 Å². The fourth-order valence-electron chi connectivity index (χ4n) is 3.32. The fourth-order valence-corrected chi connectivity index (χ4v) is 4.22. The van der Waals surface area contributed by atoms with Crippen LogP contribution in [0.25, 0.3) is 16.3 Å². The average Bonchev–Trinajstić information content (AvgIpc) is 3.42. The second-order valence-corrected chi connectivity index (χ2v) is 7.91. The first-order valence-electron chi connectivity index (χ1n) is 9.12. The predicted octanol–water partition coefficient (Wildman–Crippen LogP) is 4.08. The highest BCUT2D eigenvalue weighted by Crippen LogP contribution is 2.28. The molecule has 27 heavy (non-hydrogen) atoms. The van der Waals surface area contributed by atoms with Gasteiger partial charge in [0.25, 0.3) is 5.91 Å². The third-order valence-corrected chi connectivity index (χ3v) is 5.92. The van der Waals surface area contributed by atoms with Crippen LogP contribution in [-0.2, 0) is 0 Å². The number of likely N-dealkylation sites (tertiary alicyclic amines) is 1. The Hall–Kier alpha value is -2.15. The van der Waals surface area contributed by atoms with Gasteiger partial charge in [-0.05, 0) is 55.6 Å². The largest absolute Gasteiger partial charge is 0.349 e. The topological polar surface area (TPSA) is 50.2 Å². The Morgan fingerprint density at radius 3 is 2.74 bits per heavy atom. The summed E-state index contributed by atoms with van der Waals surface area (Å²) >= 11 is 7.96. The number of halogens is 1. The Kier molecular flexibility index (Phi) is 5.57. The van der Waals surface area contributed by atoms with Crippen LogP contribution in [0.15, 0.2) is 47.8 Å². The Morgan fingerprint density at radius 1 is 1.19 bits per heavy atom. The van der Waals surface area contributed by atoms with Gasteiger partial charge < -0.3 is 10.2 Å². The third-order valence-electron chi connectivity index (χ3n) is 4.71. The van der Waals surface area contributed by atoms with E-state index in [1.807, 2.05) is 41.8 Å². The summed E-state index contributed by atoms with van der Waals surface area (Å²) < 4.78 is 1.64. The maximum Gasteiger partial charge on any atom is 0.270 e. The minimum Gasteiger partial charge on any atom is -0.349 e. The molecule has 1 amide bonds. The maximum absolute atomic E-state index is 12.9. The zero-order valence-corrected chi connectivity index (χ0v) is 16.5. The standard InChI is InChI=1S/C20H21ClN4OS/c21-15-6-1-2-7-17(15)25-18(14-16(23-25)19-8-5-13-27-19)20(26)22-9-12-24-10-3-4-11-24/h1-2,5-8,13-14H,3-4,9-12H2,(H,22,26). The number of amides is 1. The number of aromatic nitrogens is 2. The molecule has 1 aliphatic rings. The molecular formula is C20H21ClN4OS. The number of carbonyl (C=O) groups excluding carboxylic acids is 1. The summed E-state index contributed by atoms with van der Waals surface area (Å²) in [6.45, 7) is 3.75. The molecule has 4 rings (SSSR count). The molecule has 0 atom stereocenters. The van der Waals surface area contributed by atoms with Crippen molar-refractivity contribution < 1.29 is 4.79 Å². The third kappa shape index (κ3) is 4.08. The Morgan fingerprint density at radius 2 is 2.00 bits per heavy atom. The Bertz CT molecular complexity index is 916. The zero-order chi connectivity index (χ0) is 18.6. The van der Waals surface area contributed by atoms with Gasteiger partial charge in [-0.3, -0.25) is 4.79 Å². The highest BCUT2D eigenvalue weighted by molar-refractivity contribution is 7.13. The van der Waals surface area contributed by atoms with Crippen LogP contribution in [0.1, 0.15) is 23.3 Å². The van der Waals surface area contributed by atoms with Crippen molar-refractivity contribution in [3.63, 3.8) is 0 Å². The molecule has 0 unspecified atom stereocenters. The molecule has 5 nitrogen and oxygen atoms in total. The Labute approximate surface area is 167 Å². The highest BCUT2D eigenvalue weighted by atomic mass is 35.5. The quantitative estimate of drug-likeness (QED) is 0.678. The number of para-hydroxylation sites is 1. The van der Waals surface area contributed by atoms with Crippen molar-refractivity contribution in [2.45, 2.75) is 12.8 Å². The van der Waals surface area contributed by atoms with E-state index in [4.69, 9.17) is 11.6 Å². The summed E-state index contributed by atoms with van der Waals surface area (Å²) in [4.78, 5) is 16.3. The number of nitrogens with zero attached hydrogens (tertiary/aromatic N) is 3. The minimum atomic E-state index is -0.135. The van der Waals surface area contributed by atoms with Crippen LogP contribution in [0.2, 0.25) is 5.02 Å². The second-order valence-electron chi connectivity index (χ2n) is 6.56. The van der Waals surface area contributed by atoms with Crippen molar-refractivity contribution >= 4 is 28.8 Å². The summed E-state index contributed by atoms with van der Waals surface area (Å²) in [6.07, 6.45) is 2.49. The molecule has 1 aromatic carbocycles. The van der Waals surface area contributed by atoms with Crippen molar-refractivity contribution in [1.29, 1.82) is 0 Å². The normalized spacial score (nSPS) is 14.6. The van der Waals surface area contributed by atoms with Crippen LogP contribution in [-0.4, -0.2) is 46.8 Å². The highest BCUT2D eigenvalue weighted by Gasteiger charge is 2.19. The molecular weight excluding hydrogens is 380 g/mol. The van der Waals surface area contributed by atoms with Crippen molar-refractivity contribution in [2.24, 2.45) is 0 Å². The first-order chi connectivity index (χ1) is 13.2. The molecule has 3 aromatic rings. The molecule has 1 fully saturated rings. The molecule has 0 saturated carbocycles. The Balaban J connectivity index is 1.59. The van der Waals surface area contributed by atoms with Crippen LogP contribution in [0.5, 0.6) is 0 Å². The van der Waals surface area contributed by atoms with Crippen LogP contribution in [0.3, 0.4) is 0 Å². The minimum absolute atomic E-state index is 0.135. The number of benzene rings is 1. The number of hydrogen-bond donors (Lipinski definition) is 1. The SMILES string of the molecule is O=C(NCCN1CCCC1)c1cc(-c2cccs2)nn1-c1ccccc1Cl. The van der Waals surface area contributed by atoms with Gasteiger partial charge in [-0.25, -0.2) is 4.68 Å². The predicted molar refractivity (Wildman–Crippen MR) is 110 cm³/mol. The van der Waals surface area contributed by atoms with Gasteiger partial charge >= 0.3 is 0 Å². The van der Waals surface area contributed by atoms with Crippen molar-refractivity contribution in [1.82, 2.24) is 20.0 Å². The van der Waals surface area contributed by atoms with Crippen molar-refractivity contribution in [3.8, 4) is 16.3 Å². The lowest BCUT2D eigenvalue weighted by Gasteiger charge is -2.15. The summed E-state index contributed by atoms with van der Waals surface area (Å²) in [5.74, 6) is -0.135. The number of thiophene rings is 1. The first kappa shape index (κ1) is 18.2. The molecule has 0 spiro atoms. The molecule has 1 N–H and O–H groups in total. The smallest absolute Gasteiger partial charge is 0.270 e. The summed E-state index contributed by atoms with van der Waals surface area (Å²) in [6, 6.07) is 13.2. The molecule has 1 aliphatic heterocycles. The van der Waals surface area contributed by atoms with Crippen LogP contribution in [0.4, 0.5) is 0 Å². The van der Waals surface area contributed by atoms with Crippen molar-refractivity contribution in [3.05, 3.63) is 58.6 Å². The molecule has 1 saturated heterocycles. The average molecular weight is 401 g/mol. The van der Waals surface area contributed by atoms with Crippen LogP contribution >= 0.6 is 22.9 Å². The fraction of sp³-hybridized carbons (Fsp3) is 0.300. The van der Waals surface area contributed by atoms with E-state index in [2.05, 4.69) is 15.3 Å². The van der Waals surface area contributed by atoms with Crippen molar-refractivity contribution in [2.75, 3.05) is 26.2 Å². The number of rotatable bonds is 6.